The third kappa shape index (κ3) is 4.93. The molecule has 1 aromatic heterocycles. The number of anilines is 1. The highest BCUT2D eigenvalue weighted by Gasteiger charge is 2.28. The fourth-order valence-corrected chi connectivity index (χ4v) is 3.51. The smallest absolute Gasteiger partial charge is 0.246 e. The molecule has 162 valence electrons. The molecule has 1 aromatic carbocycles. The summed E-state index contributed by atoms with van der Waals surface area (Å²) >= 11 is 0. The Hall–Kier alpha value is -3.03. The van der Waals surface area contributed by atoms with Gasteiger partial charge in [-0.1, -0.05) is 26.0 Å². The lowest BCUT2D eigenvalue weighted by molar-refractivity contribution is -0.120. The van der Waals surface area contributed by atoms with Gasteiger partial charge in [0, 0.05) is 38.3 Å². The van der Waals surface area contributed by atoms with Crippen LogP contribution in [0.2, 0.25) is 0 Å². The predicted octanol–water partition coefficient (Wildman–Crippen LogP) is 2.02. The van der Waals surface area contributed by atoms with Gasteiger partial charge >= 0.3 is 0 Å². The Kier molecular flexibility index (Phi) is 6.64. The van der Waals surface area contributed by atoms with E-state index in [1.807, 2.05) is 37.2 Å². The molecule has 1 amide bonds. The lowest BCUT2D eigenvalue weighted by atomic mass is 9.85. The molecule has 1 saturated heterocycles. The van der Waals surface area contributed by atoms with Crippen LogP contribution in [0.25, 0.3) is 0 Å². The van der Waals surface area contributed by atoms with Crippen LogP contribution in [0.5, 0.6) is 5.75 Å². The molecule has 0 aliphatic carbocycles. The van der Waals surface area contributed by atoms with Crippen LogP contribution in [0.4, 0.5) is 5.69 Å². The lowest BCUT2D eigenvalue weighted by Gasteiger charge is -2.36. The summed E-state index contributed by atoms with van der Waals surface area (Å²) in [7, 11) is 3.52. The Labute approximate surface area is 178 Å². The first-order valence-corrected chi connectivity index (χ1v) is 10.3. The molecule has 8 nitrogen and oxygen atoms in total. The van der Waals surface area contributed by atoms with Crippen LogP contribution in [-0.4, -0.2) is 66.4 Å². The summed E-state index contributed by atoms with van der Waals surface area (Å²) in [6, 6.07) is 8.11. The van der Waals surface area contributed by atoms with Gasteiger partial charge in [0.05, 0.1) is 25.5 Å². The molecule has 0 radical (unpaired) electrons. The zero-order chi connectivity index (χ0) is 21.7. The average Bonchev–Trinajstić information content (AvgIpc) is 3.17. The summed E-state index contributed by atoms with van der Waals surface area (Å²) in [6.07, 6.45) is 3.59. The van der Waals surface area contributed by atoms with Crippen molar-refractivity contribution in [3.63, 3.8) is 0 Å². The molecule has 2 aromatic rings. The van der Waals surface area contributed by atoms with Crippen molar-refractivity contribution in [1.29, 1.82) is 0 Å². The van der Waals surface area contributed by atoms with E-state index in [2.05, 4.69) is 36.4 Å². The van der Waals surface area contributed by atoms with Crippen molar-refractivity contribution in [3.05, 3.63) is 42.2 Å². The maximum absolute atomic E-state index is 12.8. The zero-order valence-electron chi connectivity index (χ0n) is 18.6. The fraction of sp³-hybridized carbons (Fsp3) is 0.500. The Morgan fingerprint density at radius 2 is 2.00 bits per heavy atom. The van der Waals surface area contributed by atoms with Gasteiger partial charge < -0.3 is 19.9 Å². The number of methoxy groups -OCH3 is 1. The van der Waals surface area contributed by atoms with Crippen molar-refractivity contribution in [2.24, 2.45) is 12.0 Å². The normalized spacial score (nSPS) is 15.5. The number of nitrogens with one attached hydrogen (secondary N) is 1. The van der Waals surface area contributed by atoms with Gasteiger partial charge in [-0.05, 0) is 24.6 Å². The molecule has 0 spiro atoms. The first-order valence-electron chi connectivity index (χ1n) is 10.3. The molecule has 0 saturated carbocycles. The number of carbonyl (C=O) groups excluding carboxylic acids is 1. The van der Waals surface area contributed by atoms with E-state index in [4.69, 9.17) is 9.73 Å². The van der Waals surface area contributed by atoms with E-state index in [0.29, 0.717) is 19.6 Å². The van der Waals surface area contributed by atoms with Crippen LogP contribution >= 0.6 is 0 Å². The largest absolute Gasteiger partial charge is 0.497 e. The number of amides is 1. The third-order valence-electron chi connectivity index (χ3n) is 5.35. The van der Waals surface area contributed by atoms with Gasteiger partial charge in [-0.15, -0.1) is 0 Å². The Morgan fingerprint density at radius 1 is 1.27 bits per heavy atom. The number of guanidine groups is 1. The summed E-state index contributed by atoms with van der Waals surface area (Å²) in [4.78, 5) is 21.5. The SMILES string of the molecule is CCNC(=NCC(C)(C)c1ccc(OC)cc1)N1CCN(c2cnn(C)c2)C(=O)C1. The highest BCUT2D eigenvalue weighted by atomic mass is 16.5. The van der Waals surface area contributed by atoms with Gasteiger partial charge in [-0.2, -0.15) is 5.10 Å². The zero-order valence-corrected chi connectivity index (χ0v) is 18.6. The van der Waals surface area contributed by atoms with Crippen molar-refractivity contribution < 1.29 is 9.53 Å². The van der Waals surface area contributed by atoms with Crippen molar-refractivity contribution in [1.82, 2.24) is 20.0 Å². The number of piperazine rings is 1. The predicted molar refractivity (Wildman–Crippen MR) is 119 cm³/mol. The molecular weight excluding hydrogens is 380 g/mol. The first kappa shape index (κ1) is 21.7. The van der Waals surface area contributed by atoms with Crippen molar-refractivity contribution in [2.45, 2.75) is 26.2 Å². The number of hydrogen-bond donors (Lipinski definition) is 1. The minimum Gasteiger partial charge on any atom is -0.497 e. The maximum atomic E-state index is 12.8. The number of rotatable bonds is 6. The molecule has 0 unspecified atom stereocenters. The van der Waals surface area contributed by atoms with Crippen LogP contribution in [0, 0.1) is 0 Å². The van der Waals surface area contributed by atoms with Gasteiger partial charge in [0.1, 0.15) is 12.3 Å². The lowest BCUT2D eigenvalue weighted by Crippen LogP contribution is -2.55. The molecule has 1 aliphatic heterocycles. The summed E-state index contributed by atoms with van der Waals surface area (Å²) in [6.45, 7) is 9.37. The van der Waals surface area contributed by atoms with Crippen molar-refractivity contribution in [2.75, 3.05) is 44.7 Å². The monoisotopic (exact) mass is 412 g/mol. The van der Waals surface area contributed by atoms with Gasteiger partial charge in [-0.3, -0.25) is 14.5 Å². The van der Waals surface area contributed by atoms with E-state index in [9.17, 15) is 4.79 Å². The highest BCUT2D eigenvalue weighted by Crippen LogP contribution is 2.26. The van der Waals surface area contributed by atoms with Crippen molar-refractivity contribution in [3.8, 4) is 5.75 Å². The summed E-state index contributed by atoms with van der Waals surface area (Å²) < 4.78 is 6.97. The minimum atomic E-state index is -0.144. The molecule has 1 aliphatic rings. The second kappa shape index (κ2) is 9.19. The number of benzene rings is 1. The van der Waals surface area contributed by atoms with Gasteiger partial charge in [-0.25, -0.2) is 0 Å². The minimum absolute atomic E-state index is 0.0502. The van der Waals surface area contributed by atoms with E-state index in [0.717, 1.165) is 30.5 Å². The second-order valence-corrected chi connectivity index (χ2v) is 8.12. The number of nitrogens with zero attached hydrogens (tertiary/aromatic N) is 5. The molecule has 0 bridgehead atoms. The van der Waals surface area contributed by atoms with Gasteiger partial charge in [0.25, 0.3) is 0 Å². The first-order chi connectivity index (χ1) is 14.3. The quantitative estimate of drug-likeness (QED) is 0.580. The third-order valence-corrected chi connectivity index (χ3v) is 5.35. The van der Waals surface area contributed by atoms with Crippen LogP contribution in [0.1, 0.15) is 26.3 Å². The number of aliphatic imine (C=N–C) groups is 1. The van der Waals surface area contributed by atoms with E-state index < -0.39 is 0 Å². The molecule has 1 fully saturated rings. The molecule has 8 heteroatoms. The molecule has 30 heavy (non-hydrogen) atoms. The second-order valence-electron chi connectivity index (χ2n) is 8.12. The van der Waals surface area contributed by atoms with Crippen LogP contribution in [-0.2, 0) is 17.3 Å². The van der Waals surface area contributed by atoms with E-state index in [-0.39, 0.29) is 11.3 Å². The highest BCUT2D eigenvalue weighted by molar-refractivity contribution is 5.98. The standard InChI is InChI=1S/C22H32N6O2/c1-6-23-21(24-16-22(2,3)17-7-9-19(30-5)10-8-17)27-11-12-28(20(29)15-27)18-13-25-26(4)14-18/h7-10,13-14H,6,11-12,15-16H2,1-5H3,(H,23,24). The van der Waals surface area contributed by atoms with Crippen LogP contribution in [0.3, 0.4) is 0 Å². The number of aromatic nitrogens is 2. The van der Waals surface area contributed by atoms with E-state index >= 15 is 0 Å². The van der Waals surface area contributed by atoms with Crippen LogP contribution in [0.15, 0.2) is 41.7 Å². The average molecular weight is 413 g/mol. The summed E-state index contributed by atoms with van der Waals surface area (Å²) in [5.74, 6) is 1.67. The molecule has 3 rings (SSSR count). The molecular formula is C22H32N6O2. The molecule has 0 atom stereocenters. The molecule has 1 N–H and O–H groups in total. The number of hydrogen-bond acceptors (Lipinski definition) is 4. The summed E-state index contributed by atoms with van der Waals surface area (Å²) in [5, 5.41) is 7.51. The van der Waals surface area contributed by atoms with Gasteiger partial charge in [0.2, 0.25) is 5.91 Å². The topological polar surface area (TPSA) is 75.0 Å². The number of aryl methyl sites for hydroxylation is 1. The summed E-state index contributed by atoms with van der Waals surface area (Å²) in [5.41, 5.74) is 1.89. The number of ether oxygens (including phenoxy) is 1. The molecule has 2 heterocycles. The van der Waals surface area contributed by atoms with Crippen molar-refractivity contribution >= 4 is 17.6 Å². The maximum Gasteiger partial charge on any atom is 0.246 e. The van der Waals surface area contributed by atoms with Crippen LogP contribution < -0.4 is 15.0 Å². The number of carbonyl (C=O) groups is 1. The van der Waals surface area contributed by atoms with Gasteiger partial charge in [0.15, 0.2) is 5.96 Å². The Bertz CT molecular complexity index is 887. The van der Waals surface area contributed by atoms with E-state index in [1.54, 1.807) is 22.9 Å². The van der Waals surface area contributed by atoms with E-state index in [1.165, 1.54) is 5.56 Å². The Morgan fingerprint density at radius 3 is 2.57 bits per heavy atom. The fourth-order valence-electron chi connectivity index (χ4n) is 3.51. The Balaban J connectivity index is 1.70.